The van der Waals surface area contributed by atoms with Crippen molar-refractivity contribution in [1.29, 1.82) is 0 Å². The molecule has 0 radical (unpaired) electrons. The molecule has 0 spiro atoms. The van der Waals surface area contributed by atoms with Gasteiger partial charge in [-0.2, -0.15) is 0 Å². The molecular weight excluding hydrogens is 304 g/mol. The molecule has 1 aromatic carbocycles. The number of benzene rings is 1. The number of thiazole rings is 1. The molecule has 21 heavy (non-hydrogen) atoms. The summed E-state index contributed by atoms with van der Waals surface area (Å²) in [5.41, 5.74) is 2.44. The van der Waals surface area contributed by atoms with Crippen molar-refractivity contribution < 1.29 is 9.00 Å². The maximum Gasteiger partial charge on any atom is 0.253 e. The van der Waals surface area contributed by atoms with Crippen LogP contribution in [-0.2, 0) is 23.1 Å². The number of nitrogens with zero attached hydrogens (tertiary/aromatic N) is 2. The van der Waals surface area contributed by atoms with Gasteiger partial charge >= 0.3 is 0 Å². The van der Waals surface area contributed by atoms with Crippen LogP contribution in [0.2, 0.25) is 0 Å². The van der Waals surface area contributed by atoms with E-state index in [1.807, 2.05) is 30.5 Å². The standard InChI is InChI=1S/C15H18N2O2S2/c1-11-16-14(9-20-11)8-17(2)15(18)13-6-4-5-12(7-13)10-21(3)19/h4-7,9H,8,10H2,1-3H3. The lowest BCUT2D eigenvalue weighted by atomic mass is 10.1. The highest BCUT2D eigenvalue weighted by atomic mass is 32.2. The monoisotopic (exact) mass is 322 g/mol. The average Bonchev–Trinajstić information content (AvgIpc) is 2.82. The fourth-order valence-corrected chi connectivity index (χ4v) is 3.30. The molecule has 1 aromatic heterocycles. The zero-order chi connectivity index (χ0) is 15.4. The van der Waals surface area contributed by atoms with E-state index in [1.54, 1.807) is 35.6 Å². The van der Waals surface area contributed by atoms with Gasteiger partial charge in [-0.05, 0) is 24.6 Å². The minimum atomic E-state index is -0.911. The van der Waals surface area contributed by atoms with Crippen LogP contribution in [-0.4, -0.2) is 33.3 Å². The van der Waals surface area contributed by atoms with Crippen LogP contribution in [0, 0.1) is 6.92 Å². The van der Waals surface area contributed by atoms with Crippen LogP contribution in [0.15, 0.2) is 29.6 Å². The van der Waals surface area contributed by atoms with E-state index >= 15 is 0 Å². The Labute approximate surface area is 131 Å². The summed E-state index contributed by atoms with van der Waals surface area (Å²) in [5.74, 6) is 0.417. The molecule has 112 valence electrons. The smallest absolute Gasteiger partial charge is 0.253 e. The van der Waals surface area contributed by atoms with Crippen LogP contribution in [0.25, 0.3) is 0 Å². The first-order valence-corrected chi connectivity index (χ1v) is 9.12. The summed E-state index contributed by atoms with van der Waals surface area (Å²) < 4.78 is 11.3. The summed E-state index contributed by atoms with van der Waals surface area (Å²) in [5, 5.41) is 2.97. The number of rotatable bonds is 5. The first-order valence-electron chi connectivity index (χ1n) is 6.51. The highest BCUT2D eigenvalue weighted by Gasteiger charge is 2.13. The maximum atomic E-state index is 12.4. The fraction of sp³-hybridized carbons (Fsp3) is 0.333. The van der Waals surface area contributed by atoms with Gasteiger partial charge in [-0.15, -0.1) is 11.3 Å². The minimum Gasteiger partial charge on any atom is -0.336 e. The van der Waals surface area contributed by atoms with Crippen molar-refractivity contribution >= 4 is 28.0 Å². The summed E-state index contributed by atoms with van der Waals surface area (Å²) in [6.45, 7) is 2.44. The van der Waals surface area contributed by atoms with Gasteiger partial charge in [-0.25, -0.2) is 4.98 Å². The van der Waals surface area contributed by atoms with Crippen molar-refractivity contribution in [3.63, 3.8) is 0 Å². The lowest BCUT2D eigenvalue weighted by Crippen LogP contribution is -2.26. The molecule has 1 unspecified atom stereocenters. The van der Waals surface area contributed by atoms with Gasteiger partial charge in [-0.3, -0.25) is 9.00 Å². The van der Waals surface area contributed by atoms with E-state index in [2.05, 4.69) is 4.98 Å². The number of hydrogen-bond donors (Lipinski definition) is 0. The normalized spacial score (nSPS) is 12.1. The van der Waals surface area contributed by atoms with Gasteiger partial charge in [0.2, 0.25) is 0 Å². The predicted octanol–water partition coefficient (Wildman–Crippen LogP) is 2.60. The third-order valence-electron chi connectivity index (χ3n) is 2.96. The summed E-state index contributed by atoms with van der Waals surface area (Å²) in [6, 6.07) is 7.32. The quantitative estimate of drug-likeness (QED) is 0.850. The van der Waals surface area contributed by atoms with E-state index in [9.17, 15) is 9.00 Å². The number of aromatic nitrogens is 1. The van der Waals surface area contributed by atoms with Crippen molar-refractivity contribution in [2.75, 3.05) is 13.3 Å². The van der Waals surface area contributed by atoms with Gasteiger partial charge in [0.05, 0.1) is 17.2 Å². The van der Waals surface area contributed by atoms with Crippen molar-refractivity contribution in [1.82, 2.24) is 9.88 Å². The first-order chi connectivity index (χ1) is 9.95. The highest BCUT2D eigenvalue weighted by molar-refractivity contribution is 7.83. The van der Waals surface area contributed by atoms with Gasteiger partial charge in [-0.1, -0.05) is 12.1 Å². The van der Waals surface area contributed by atoms with E-state index in [4.69, 9.17) is 0 Å². The van der Waals surface area contributed by atoms with Gasteiger partial charge in [0, 0.05) is 40.8 Å². The van der Waals surface area contributed by atoms with E-state index in [1.165, 1.54) is 0 Å². The SMILES string of the molecule is Cc1nc(CN(C)C(=O)c2cccc(CS(C)=O)c2)cs1. The molecule has 0 aliphatic rings. The molecule has 0 bridgehead atoms. The molecule has 0 aliphatic carbocycles. The number of hydrogen-bond acceptors (Lipinski definition) is 4. The molecule has 0 saturated carbocycles. The molecule has 2 rings (SSSR count). The van der Waals surface area contributed by atoms with Crippen molar-refractivity contribution in [3.05, 3.63) is 51.5 Å². The Morgan fingerprint density at radius 2 is 2.19 bits per heavy atom. The third kappa shape index (κ3) is 4.47. The van der Waals surface area contributed by atoms with E-state index in [-0.39, 0.29) is 5.91 Å². The summed E-state index contributed by atoms with van der Waals surface area (Å²) in [7, 11) is 0.855. The second-order valence-electron chi connectivity index (χ2n) is 4.94. The fourth-order valence-electron chi connectivity index (χ4n) is 2.04. The van der Waals surface area contributed by atoms with Crippen LogP contribution >= 0.6 is 11.3 Å². The number of amides is 1. The molecule has 4 nitrogen and oxygen atoms in total. The van der Waals surface area contributed by atoms with Crippen LogP contribution in [0.1, 0.15) is 26.6 Å². The van der Waals surface area contributed by atoms with Gasteiger partial charge in [0.1, 0.15) is 0 Å². The zero-order valence-corrected chi connectivity index (χ0v) is 14.0. The molecule has 0 fully saturated rings. The Morgan fingerprint density at radius 1 is 1.43 bits per heavy atom. The Hall–Kier alpha value is -1.53. The van der Waals surface area contributed by atoms with Crippen LogP contribution in [0.4, 0.5) is 0 Å². The van der Waals surface area contributed by atoms with Crippen LogP contribution in [0.3, 0.4) is 0 Å². The van der Waals surface area contributed by atoms with E-state index in [0.29, 0.717) is 17.9 Å². The summed E-state index contributed by atoms with van der Waals surface area (Å²) in [6.07, 6.45) is 1.66. The van der Waals surface area contributed by atoms with Gasteiger partial charge in [0.25, 0.3) is 5.91 Å². The first kappa shape index (κ1) is 15.9. The molecular formula is C15H18N2O2S2. The van der Waals surface area contributed by atoms with Gasteiger partial charge in [0.15, 0.2) is 0 Å². The molecule has 2 aromatic rings. The Bertz CT molecular complexity index is 667. The van der Waals surface area contributed by atoms with E-state index < -0.39 is 10.8 Å². The number of carbonyl (C=O) groups is 1. The summed E-state index contributed by atoms with van der Waals surface area (Å²) in [4.78, 5) is 18.4. The largest absolute Gasteiger partial charge is 0.336 e. The Balaban J connectivity index is 2.09. The molecule has 1 heterocycles. The third-order valence-corrected chi connectivity index (χ3v) is 4.52. The average molecular weight is 322 g/mol. The number of aryl methyl sites for hydroxylation is 1. The molecule has 6 heteroatoms. The van der Waals surface area contributed by atoms with Crippen LogP contribution < -0.4 is 0 Å². The maximum absolute atomic E-state index is 12.4. The van der Waals surface area contributed by atoms with Crippen molar-refractivity contribution in [2.24, 2.45) is 0 Å². The molecule has 1 atom stereocenters. The number of carbonyl (C=O) groups excluding carboxylic acids is 1. The van der Waals surface area contributed by atoms with Crippen molar-refractivity contribution in [3.8, 4) is 0 Å². The van der Waals surface area contributed by atoms with Crippen molar-refractivity contribution in [2.45, 2.75) is 19.2 Å². The summed E-state index contributed by atoms with van der Waals surface area (Å²) >= 11 is 1.58. The Morgan fingerprint density at radius 3 is 2.81 bits per heavy atom. The highest BCUT2D eigenvalue weighted by Crippen LogP contribution is 2.13. The topological polar surface area (TPSA) is 50.3 Å². The predicted molar refractivity (Wildman–Crippen MR) is 86.9 cm³/mol. The molecule has 0 saturated heterocycles. The second-order valence-corrected chi connectivity index (χ2v) is 7.43. The minimum absolute atomic E-state index is 0.0515. The molecule has 0 aliphatic heterocycles. The lowest BCUT2D eigenvalue weighted by Gasteiger charge is -2.16. The van der Waals surface area contributed by atoms with E-state index in [0.717, 1.165) is 16.3 Å². The molecule has 1 amide bonds. The Kier molecular flexibility index (Phi) is 5.25. The van der Waals surface area contributed by atoms with Crippen LogP contribution in [0.5, 0.6) is 0 Å². The second kappa shape index (κ2) is 6.95. The lowest BCUT2D eigenvalue weighted by molar-refractivity contribution is 0.0783. The molecule has 0 N–H and O–H groups in total. The zero-order valence-electron chi connectivity index (χ0n) is 12.3. The van der Waals surface area contributed by atoms with Gasteiger partial charge < -0.3 is 4.90 Å².